The number of amides is 1. The third kappa shape index (κ3) is 4.17. The first-order chi connectivity index (χ1) is 9.97. The van der Waals surface area contributed by atoms with Gasteiger partial charge in [-0.2, -0.15) is 0 Å². The Balaban J connectivity index is 2.04. The molecule has 0 spiro atoms. The summed E-state index contributed by atoms with van der Waals surface area (Å²) < 4.78 is 0. The van der Waals surface area contributed by atoms with Crippen molar-refractivity contribution in [3.63, 3.8) is 0 Å². The monoisotopic (exact) mass is 307 g/mol. The quantitative estimate of drug-likeness (QED) is 0.838. The van der Waals surface area contributed by atoms with Gasteiger partial charge in [-0.25, -0.2) is 4.79 Å². The van der Waals surface area contributed by atoms with Crippen molar-refractivity contribution in [3.05, 3.63) is 28.0 Å². The zero-order valence-electron chi connectivity index (χ0n) is 12.3. The first-order valence-corrected chi connectivity index (χ1v) is 8.14. The number of carbonyl (C=O) groups excluding carboxylic acids is 1. The standard InChI is InChI=1S/C16H21NO3S/c1-10-3-5-13(11(2)9-10)17-16(20)15-12(7-8-21-15)4-6-14(18)19/h4,6-8,10-11,13H,3,5,9H2,1-2H3,(H,17,20)(H,18,19). The lowest BCUT2D eigenvalue weighted by molar-refractivity contribution is -0.131. The van der Waals surface area contributed by atoms with Gasteiger partial charge in [-0.15, -0.1) is 11.3 Å². The highest BCUT2D eigenvalue weighted by Gasteiger charge is 2.27. The van der Waals surface area contributed by atoms with Gasteiger partial charge in [-0.05, 0) is 54.2 Å². The lowest BCUT2D eigenvalue weighted by atomic mass is 9.80. The predicted octanol–water partition coefficient (Wildman–Crippen LogP) is 3.40. The number of nitrogens with one attached hydrogen (secondary N) is 1. The molecule has 1 saturated carbocycles. The van der Waals surface area contributed by atoms with E-state index in [9.17, 15) is 9.59 Å². The molecule has 0 aliphatic heterocycles. The average molecular weight is 307 g/mol. The summed E-state index contributed by atoms with van der Waals surface area (Å²) in [6.45, 7) is 4.43. The van der Waals surface area contributed by atoms with Gasteiger partial charge in [0.2, 0.25) is 0 Å². The molecule has 0 radical (unpaired) electrons. The number of hydrogen-bond acceptors (Lipinski definition) is 3. The summed E-state index contributed by atoms with van der Waals surface area (Å²) in [6.07, 6.45) is 5.83. The maximum Gasteiger partial charge on any atom is 0.328 e. The van der Waals surface area contributed by atoms with Crippen LogP contribution in [0.15, 0.2) is 17.5 Å². The fraction of sp³-hybridized carbons (Fsp3) is 0.500. The van der Waals surface area contributed by atoms with Crippen LogP contribution in [-0.4, -0.2) is 23.0 Å². The molecule has 2 N–H and O–H groups in total. The smallest absolute Gasteiger partial charge is 0.328 e. The van der Waals surface area contributed by atoms with Crippen LogP contribution in [0.1, 0.15) is 48.3 Å². The van der Waals surface area contributed by atoms with Crippen molar-refractivity contribution >= 4 is 29.3 Å². The summed E-state index contributed by atoms with van der Waals surface area (Å²) in [6, 6.07) is 1.98. The molecule has 2 rings (SSSR count). The van der Waals surface area contributed by atoms with E-state index < -0.39 is 5.97 Å². The first kappa shape index (κ1) is 15.8. The fourth-order valence-corrected chi connectivity index (χ4v) is 3.70. The van der Waals surface area contributed by atoms with E-state index in [-0.39, 0.29) is 11.9 Å². The summed E-state index contributed by atoms with van der Waals surface area (Å²) in [5.41, 5.74) is 0.664. The van der Waals surface area contributed by atoms with Gasteiger partial charge in [0.25, 0.3) is 5.91 Å². The average Bonchev–Trinajstić information content (AvgIpc) is 2.88. The second-order valence-electron chi connectivity index (χ2n) is 5.85. The molecule has 1 aromatic rings. The lowest BCUT2D eigenvalue weighted by Crippen LogP contribution is -2.42. The van der Waals surface area contributed by atoms with Gasteiger partial charge < -0.3 is 10.4 Å². The van der Waals surface area contributed by atoms with Gasteiger partial charge in [-0.3, -0.25) is 4.79 Å². The lowest BCUT2D eigenvalue weighted by Gasteiger charge is -2.33. The maximum atomic E-state index is 12.4. The molecule has 114 valence electrons. The highest BCUT2D eigenvalue weighted by atomic mass is 32.1. The summed E-state index contributed by atoms with van der Waals surface area (Å²) >= 11 is 1.34. The summed E-state index contributed by atoms with van der Waals surface area (Å²) in [7, 11) is 0. The van der Waals surface area contributed by atoms with Crippen molar-refractivity contribution < 1.29 is 14.7 Å². The molecule has 3 atom stereocenters. The van der Waals surface area contributed by atoms with Crippen LogP contribution in [0.5, 0.6) is 0 Å². The Morgan fingerprint density at radius 2 is 2.14 bits per heavy atom. The molecule has 0 bridgehead atoms. The van der Waals surface area contributed by atoms with Crippen LogP contribution in [0, 0.1) is 11.8 Å². The van der Waals surface area contributed by atoms with E-state index in [1.165, 1.54) is 17.4 Å². The molecule has 4 nitrogen and oxygen atoms in total. The van der Waals surface area contributed by atoms with E-state index in [4.69, 9.17) is 5.11 Å². The van der Waals surface area contributed by atoms with Crippen LogP contribution < -0.4 is 5.32 Å². The minimum atomic E-state index is -1.01. The molecular formula is C16H21NO3S. The van der Waals surface area contributed by atoms with Crippen LogP contribution in [0.25, 0.3) is 6.08 Å². The molecule has 1 aromatic heterocycles. The molecule has 21 heavy (non-hydrogen) atoms. The van der Waals surface area contributed by atoms with Gasteiger partial charge in [-0.1, -0.05) is 13.8 Å². The number of rotatable bonds is 4. The second-order valence-corrected chi connectivity index (χ2v) is 6.77. The molecular weight excluding hydrogens is 286 g/mol. The van der Waals surface area contributed by atoms with E-state index in [1.807, 2.05) is 5.38 Å². The minimum absolute atomic E-state index is 0.0959. The topological polar surface area (TPSA) is 66.4 Å². The van der Waals surface area contributed by atoms with Crippen molar-refractivity contribution in [1.29, 1.82) is 0 Å². The number of carboxylic acid groups (broad SMARTS) is 1. The highest BCUT2D eigenvalue weighted by molar-refractivity contribution is 7.12. The van der Waals surface area contributed by atoms with Crippen LogP contribution in [0.3, 0.4) is 0 Å². The number of carboxylic acids is 1. The Kier molecular flexibility index (Phi) is 5.17. The van der Waals surface area contributed by atoms with E-state index >= 15 is 0 Å². The third-order valence-electron chi connectivity index (χ3n) is 4.06. The zero-order valence-corrected chi connectivity index (χ0v) is 13.2. The fourth-order valence-electron chi connectivity index (χ4n) is 2.91. The van der Waals surface area contributed by atoms with Gasteiger partial charge >= 0.3 is 5.97 Å². The molecule has 1 fully saturated rings. The molecule has 0 aromatic carbocycles. The van der Waals surface area contributed by atoms with Gasteiger partial charge in [0.05, 0.1) is 4.88 Å². The Morgan fingerprint density at radius 1 is 1.38 bits per heavy atom. The van der Waals surface area contributed by atoms with Gasteiger partial charge in [0.1, 0.15) is 0 Å². The molecule has 1 aliphatic rings. The van der Waals surface area contributed by atoms with Crippen molar-refractivity contribution in [1.82, 2.24) is 5.32 Å². The summed E-state index contributed by atoms with van der Waals surface area (Å²) in [5, 5.41) is 13.6. The molecule has 3 unspecified atom stereocenters. The van der Waals surface area contributed by atoms with Crippen LogP contribution in [0.2, 0.25) is 0 Å². The number of aliphatic carboxylic acids is 1. The van der Waals surface area contributed by atoms with Crippen LogP contribution in [0.4, 0.5) is 0 Å². The molecule has 1 amide bonds. The minimum Gasteiger partial charge on any atom is -0.478 e. The first-order valence-electron chi connectivity index (χ1n) is 7.26. The zero-order chi connectivity index (χ0) is 15.4. The SMILES string of the molecule is CC1CCC(NC(=O)c2sccc2C=CC(=O)O)C(C)C1. The Labute approximate surface area is 128 Å². The van der Waals surface area contributed by atoms with Crippen molar-refractivity contribution in [2.75, 3.05) is 0 Å². The summed E-state index contributed by atoms with van der Waals surface area (Å²) in [5.74, 6) is 0.100. The Hall–Kier alpha value is -1.62. The highest BCUT2D eigenvalue weighted by Crippen LogP contribution is 2.29. The molecule has 1 heterocycles. The third-order valence-corrected chi connectivity index (χ3v) is 4.98. The molecule has 0 saturated heterocycles. The largest absolute Gasteiger partial charge is 0.478 e. The number of hydrogen-bond donors (Lipinski definition) is 2. The van der Waals surface area contributed by atoms with E-state index in [1.54, 1.807) is 6.07 Å². The number of thiophene rings is 1. The van der Waals surface area contributed by atoms with E-state index in [2.05, 4.69) is 19.2 Å². The summed E-state index contributed by atoms with van der Waals surface area (Å²) in [4.78, 5) is 23.5. The Morgan fingerprint density at radius 3 is 2.81 bits per heavy atom. The van der Waals surface area contributed by atoms with E-state index in [0.29, 0.717) is 16.4 Å². The normalized spacial score (nSPS) is 25.9. The van der Waals surface area contributed by atoms with Gasteiger partial charge in [0, 0.05) is 12.1 Å². The second kappa shape index (κ2) is 6.89. The predicted molar refractivity (Wildman–Crippen MR) is 84.4 cm³/mol. The van der Waals surface area contributed by atoms with Crippen LogP contribution in [-0.2, 0) is 4.79 Å². The Bertz CT molecular complexity index is 549. The van der Waals surface area contributed by atoms with E-state index in [0.717, 1.165) is 31.3 Å². The number of carbonyl (C=O) groups is 2. The maximum absolute atomic E-state index is 12.4. The van der Waals surface area contributed by atoms with Crippen molar-refractivity contribution in [2.24, 2.45) is 11.8 Å². The van der Waals surface area contributed by atoms with Crippen molar-refractivity contribution in [2.45, 2.75) is 39.2 Å². The van der Waals surface area contributed by atoms with Crippen molar-refractivity contribution in [3.8, 4) is 0 Å². The van der Waals surface area contributed by atoms with Crippen LogP contribution >= 0.6 is 11.3 Å². The molecule has 5 heteroatoms. The molecule has 1 aliphatic carbocycles. The van der Waals surface area contributed by atoms with Gasteiger partial charge in [0.15, 0.2) is 0 Å².